The Kier molecular flexibility index (Phi) is 4.60. The van der Waals surface area contributed by atoms with Crippen LogP contribution in [0.15, 0.2) is 21.2 Å². The lowest BCUT2D eigenvalue weighted by atomic mass is 10.1. The molecule has 0 aliphatic carbocycles. The highest BCUT2D eigenvalue weighted by Crippen LogP contribution is 2.14. The van der Waals surface area contributed by atoms with Crippen molar-refractivity contribution < 1.29 is 19.1 Å². The topological polar surface area (TPSA) is 82.8 Å². The van der Waals surface area contributed by atoms with Crippen LogP contribution < -0.4 is 5.32 Å². The molecule has 1 fully saturated rings. The number of piperidine rings is 1. The van der Waals surface area contributed by atoms with E-state index in [4.69, 9.17) is 4.42 Å². The van der Waals surface area contributed by atoms with Crippen LogP contribution in [0.5, 0.6) is 0 Å². The zero-order valence-corrected chi connectivity index (χ0v) is 11.9. The van der Waals surface area contributed by atoms with Crippen molar-refractivity contribution in [2.24, 2.45) is 0 Å². The molecule has 1 aromatic heterocycles. The average Bonchev–Trinajstić information content (AvgIpc) is 2.82. The van der Waals surface area contributed by atoms with Gasteiger partial charge in [-0.3, -0.25) is 9.59 Å². The van der Waals surface area contributed by atoms with Crippen molar-refractivity contribution in [1.29, 1.82) is 0 Å². The number of furan rings is 1. The van der Waals surface area contributed by atoms with Crippen LogP contribution in [-0.2, 0) is 4.79 Å². The van der Waals surface area contributed by atoms with E-state index in [0.717, 1.165) is 12.8 Å². The van der Waals surface area contributed by atoms with Gasteiger partial charge in [-0.15, -0.1) is 0 Å². The van der Waals surface area contributed by atoms with Gasteiger partial charge in [0.1, 0.15) is 0 Å². The van der Waals surface area contributed by atoms with Crippen molar-refractivity contribution in [1.82, 2.24) is 10.2 Å². The third kappa shape index (κ3) is 3.81. The number of aliphatic hydroxyl groups excluding tert-OH is 1. The zero-order valence-electron chi connectivity index (χ0n) is 10.3. The number of nitrogens with zero attached hydrogens (tertiary/aromatic N) is 1. The summed E-state index contributed by atoms with van der Waals surface area (Å²) in [6.45, 7) is 0.864. The second kappa shape index (κ2) is 6.21. The van der Waals surface area contributed by atoms with E-state index in [1.165, 1.54) is 6.07 Å². The van der Waals surface area contributed by atoms with Gasteiger partial charge in [0.15, 0.2) is 10.4 Å². The molecule has 0 aromatic carbocycles. The molecule has 2 N–H and O–H groups in total. The molecule has 0 saturated carbocycles. The summed E-state index contributed by atoms with van der Waals surface area (Å²) in [7, 11) is 0. The van der Waals surface area contributed by atoms with Crippen molar-refractivity contribution in [3.63, 3.8) is 0 Å². The summed E-state index contributed by atoms with van der Waals surface area (Å²) >= 11 is 3.10. The molecular weight excluding hydrogens is 316 g/mol. The zero-order chi connectivity index (χ0) is 13.8. The summed E-state index contributed by atoms with van der Waals surface area (Å²) in [5.41, 5.74) is 0. The second-order valence-electron chi connectivity index (χ2n) is 4.42. The Hall–Kier alpha value is -1.34. The molecule has 2 rings (SSSR count). The number of likely N-dealkylation sites (tertiary alicyclic amines) is 1. The normalized spacial score (nSPS) is 19.3. The monoisotopic (exact) mass is 330 g/mol. The number of hydrogen-bond acceptors (Lipinski definition) is 4. The van der Waals surface area contributed by atoms with E-state index in [1.807, 2.05) is 0 Å². The van der Waals surface area contributed by atoms with Crippen LogP contribution in [0.3, 0.4) is 0 Å². The van der Waals surface area contributed by atoms with E-state index in [1.54, 1.807) is 11.0 Å². The van der Waals surface area contributed by atoms with E-state index in [0.29, 0.717) is 17.8 Å². The first-order valence-corrected chi connectivity index (χ1v) is 6.85. The summed E-state index contributed by atoms with van der Waals surface area (Å²) in [5, 5.41) is 12.0. The fourth-order valence-corrected chi connectivity index (χ4v) is 2.28. The maximum Gasteiger partial charge on any atom is 0.287 e. The number of hydrogen-bond donors (Lipinski definition) is 2. The molecular formula is C12H15BrN2O4. The fraction of sp³-hybridized carbons (Fsp3) is 0.500. The molecule has 7 heteroatoms. The first-order chi connectivity index (χ1) is 9.06. The minimum absolute atomic E-state index is 0.0934. The fourth-order valence-electron chi connectivity index (χ4n) is 1.97. The lowest BCUT2D eigenvalue weighted by molar-refractivity contribution is -0.133. The molecule has 104 valence electrons. The number of β-amino-alcohol motifs (C(OH)–C–C–N with tert-alkyl or cyclic N) is 1. The van der Waals surface area contributed by atoms with E-state index in [9.17, 15) is 14.7 Å². The van der Waals surface area contributed by atoms with E-state index in [-0.39, 0.29) is 18.2 Å². The predicted octanol–water partition coefficient (Wildman–Crippen LogP) is 0.755. The molecule has 0 unspecified atom stereocenters. The molecule has 1 atom stereocenters. The molecule has 2 heterocycles. The largest absolute Gasteiger partial charge is 0.444 e. The molecule has 0 spiro atoms. The third-order valence-corrected chi connectivity index (χ3v) is 3.37. The maximum absolute atomic E-state index is 11.8. The van der Waals surface area contributed by atoms with Gasteiger partial charge in [-0.1, -0.05) is 0 Å². The summed E-state index contributed by atoms with van der Waals surface area (Å²) in [4.78, 5) is 25.1. The van der Waals surface area contributed by atoms with Crippen LogP contribution in [0, 0.1) is 0 Å². The number of halogens is 1. The SMILES string of the molecule is O=C(NCC(=O)N1CCC[C@H](O)C1)c1ccc(Br)o1. The lowest BCUT2D eigenvalue weighted by Crippen LogP contribution is -2.46. The number of amides is 2. The highest BCUT2D eigenvalue weighted by atomic mass is 79.9. The van der Waals surface area contributed by atoms with Gasteiger partial charge in [0, 0.05) is 13.1 Å². The molecule has 2 amide bonds. The van der Waals surface area contributed by atoms with Gasteiger partial charge in [-0.05, 0) is 40.9 Å². The van der Waals surface area contributed by atoms with Gasteiger partial charge < -0.3 is 19.7 Å². The summed E-state index contributed by atoms with van der Waals surface area (Å²) < 4.78 is 5.54. The minimum Gasteiger partial charge on any atom is -0.444 e. The summed E-state index contributed by atoms with van der Waals surface area (Å²) in [6.07, 6.45) is 1.04. The Morgan fingerprint density at radius 2 is 2.32 bits per heavy atom. The number of carbonyl (C=O) groups is 2. The van der Waals surface area contributed by atoms with Crippen molar-refractivity contribution in [2.45, 2.75) is 18.9 Å². The smallest absolute Gasteiger partial charge is 0.287 e. The number of rotatable bonds is 3. The highest BCUT2D eigenvalue weighted by molar-refractivity contribution is 9.10. The highest BCUT2D eigenvalue weighted by Gasteiger charge is 2.22. The molecule has 1 aliphatic heterocycles. The predicted molar refractivity (Wildman–Crippen MR) is 70.6 cm³/mol. The van der Waals surface area contributed by atoms with Gasteiger partial charge in [-0.2, -0.15) is 0 Å². The standard InChI is InChI=1S/C12H15BrN2O4/c13-10-4-3-9(19-10)12(18)14-6-11(17)15-5-1-2-8(16)7-15/h3-4,8,16H,1-2,5-7H2,(H,14,18)/t8-/m0/s1. The van der Waals surface area contributed by atoms with Gasteiger partial charge in [0.25, 0.3) is 5.91 Å². The van der Waals surface area contributed by atoms with E-state index in [2.05, 4.69) is 21.2 Å². The third-order valence-electron chi connectivity index (χ3n) is 2.95. The number of aliphatic hydroxyl groups is 1. The van der Waals surface area contributed by atoms with Gasteiger partial charge >= 0.3 is 0 Å². The molecule has 1 aromatic rings. The van der Waals surface area contributed by atoms with Gasteiger partial charge in [0.05, 0.1) is 12.6 Å². The van der Waals surface area contributed by atoms with Crippen molar-refractivity contribution in [3.05, 3.63) is 22.6 Å². The molecule has 1 saturated heterocycles. The Labute approximate surface area is 118 Å². The van der Waals surface area contributed by atoms with E-state index >= 15 is 0 Å². The lowest BCUT2D eigenvalue weighted by Gasteiger charge is -2.30. The minimum atomic E-state index is -0.463. The second-order valence-corrected chi connectivity index (χ2v) is 5.20. The van der Waals surface area contributed by atoms with Crippen LogP contribution in [0.4, 0.5) is 0 Å². The van der Waals surface area contributed by atoms with Crippen LogP contribution in [0.2, 0.25) is 0 Å². The summed E-state index contributed by atoms with van der Waals surface area (Å²) in [6, 6.07) is 3.13. The molecule has 0 bridgehead atoms. The van der Waals surface area contributed by atoms with Crippen LogP contribution in [0.1, 0.15) is 23.4 Å². The van der Waals surface area contributed by atoms with Crippen LogP contribution in [0.25, 0.3) is 0 Å². The van der Waals surface area contributed by atoms with Crippen molar-refractivity contribution in [2.75, 3.05) is 19.6 Å². The molecule has 6 nitrogen and oxygen atoms in total. The Morgan fingerprint density at radius 1 is 1.53 bits per heavy atom. The summed E-state index contributed by atoms with van der Waals surface area (Å²) in [5.74, 6) is -0.479. The Morgan fingerprint density at radius 3 is 2.95 bits per heavy atom. The first-order valence-electron chi connectivity index (χ1n) is 6.05. The van der Waals surface area contributed by atoms with Crippen molar-refractivity contribution >= 4 is 27.7 Å². The Bertz CT molecular complexity index is 474. The number of carbonyl (C=O) groups excluding carboxylic acids is 2. The van der Waals surface area contributed by atoms with E-state index < -0.39 is 12.0 Å². The molecule has 0 radical (unpaired) electrons. The van der Waals surface area contributed by atoms with Crippen LogP contribution in [-0.4, -0.2) is 47.6 Å². The number of nitrogens with one attached hydrogen (secondary N) is 1. The van der Waals surface area contributed by atoms with Gasteiger partial charge in [0.2, 0.25) is 5.91 Å². The Balaban J connectivity index is 1.81. The van der Waals surface area contributed by atoms with Crippen LogP contribution >= 0.6 is 15.9 Å². The first kappa shape index (κ1) is 14.1. The molecule has 19 heavy (non-hydrogen) atoms. The van der Waals surface area contributed by atoms with Crippen molar-refractivity contribution in [3.8, 4) is 0 Å². The quantitative estimate of drug-likeness (QED) is 0.856. The van der Waals surface area contributed by atoms with Gasteiger partial charge in [-0.25, -0.2) is 0 Å². The maximum atomic E-state index is 11.8. The molecule has 1 aliphatic rings. The average molecular weight is 331 g/mol.